The Bertz CT molecular complexity index is 876. The Kier molecular flexibility index (Phi) is 5.79. The van der Waals surface area contributed by atoms with Gasteiger partial charge in [-0.3, -0.25) is 0 Å². The summed E-state index contributed by atoms with van der Waals surface area (Å²) in [6.45, 7) is 0.740. The van der Waals surface area contributed by atoms with Crippen molar-refractivity contribution in [1.29, 1.82) is 0 Å². The molecule has 0 radical (unpaired) electrons. The van der Waals surface area contributed by atoms with E-state index in [1.807, 2.05) is 0 Å². The first-order chi connectivity index (χ1) is 12.3. The van der Waals surface area contributed by atoms with E-state index < -0.39 is 15.1 Å². The van der Waals surface area contributed by atoms with Crippen LogP contribution in [0, 0.1) is 0 Å². The van der Waals surface area contributed by atoms with Crippen LogP contribution in [0.5, 0.6) is 0 Å². The van der Waals surface area contributed by atoms with E-state index in [1.54, 1.807) is 35.2 Å². The van der Waals surface area contributed by atoms with Gasteiger partial charge in [0.1, 0.15) is 11.5 Å². The van der Waals surface area contributed by atoms with Crippen molar-refractivity contribution < 1.29 is 17.6 Å². The molecule has 0 unspecified atom stereocenters. The van der Waals surface area contributed by atoms with Gasteiger partial charge in [0, 0.05) is 18.8 Å². The number of likely N-dealkylation sites (tertiary alicyclic amines) is 1. The van der Waals surface area contributed by atoms with Gasteiger partial charge in [0.05, 0.1) is 21.6 Å². The molecule has 2 heterocycles. The molecule has 2 amide bonds. The van der Waals surface area contributed by atoms with Crippen molar-refractivity contribution in [2.45, 2.75) is 23.8 Å². The predicted molar refractivity (Wildman–Crippen MR) is 101 cm³/mol. The monoisotopic (exact) mass is 416 g/mol. The number of urea groups is 1. The van der Waals surface area contributed by atoms with Gasteiger partial charge in [0.2, 0.25) is 0 Å². The maximum Gasteiger partial charge on any atom is 0.321 e. The molecule has 1 aromatic carbocycles. The van der Waals surface area contributed by atoms with Crippen LogP contribution >= 0.6 is 23.2 Å². The molecule has 2 aromatic rings. The number of halogens is 2. The second-order valence-electron chi connectivity index (χ2n) is 6.13. The Morgan fingerprint density at radius 1 is 1.19 bits per heavy atom. The van der Waals surface area contributed by atoms with Gasteiger partial charge in [-0.1, -0.05) is 23.2 Å². The third-order valence-electron chi connectivity index (χ3n) is 4.33. The number of carbonyl (C=O) groups excluding carboxylic acids is 1. The minimum Gasteiger partial charge on any atom is -0.468 e. The molecule has 1 saturated heterocycles. The molecule has 0 atom stereocenters. The molecule has 3 rings (SSSR count). The molecular weight excluding hydrogens is 399 g/mol. The normalized spacial score (nSPS) is 15.8. The highest BCUT2D eigenvalue weighted by Crippen LogP contribution is 2.26. The summed E-state index contributed by atoms with van der Waals surface area (Å²) in [5.74, 6) is 0.324. The highest BCUT2D eigenvalue weighted by molar-refractivity contribution is 7.91. The Morgan fingerprint density at radius 2 is 1.92 bits per heavy atom. The largest absolute Gasteiger partial charge is 0.468 e. The number of nitrogens with zero attached hydrogens (tertiary/aromatic N) is 1. The van der Waals surface area contributed by atoms with Crippen LogP contribution in [-0.4, -0.2) is 37.7 Å². The van der Waals surface area contributed by atoms with Gasteiger partial charge in [-0.2, -0.15) is 0 Å². The van der Waals surface area contributed by atoms with Gasteiger partial charge >= 0.3 is 6.03 Å². The molecule has 1 aliphatic heterocycles. The van der Waals surface area contributed by atoms with Crippen molar-refractivity contribution in [3.63, 3.8) is 0 Å². The molecule has 26 heavy (non-hydrogen) atoms. The summed E-state index contributed by atoms with van der Waals surface area (Å²) in [4.78, 5) is 13.9. The number of furan rings is 1. The number of sulfone groups is 1. The van der Waals surface area contributed by atoms with Crippen LogP contribution in [-0.2, 0) is 15.6 Å². The lowest BCUT2D eigenvalue weighted by Gasteiger charge is -2.31. The summed E-state index contributed by atoms with van der Waals surface area (Å²) in [6, 6.07) is 7.87. The second kappa shape index (κ2) is 7.90. The smallest absolute Gasteiger partial charge is 0.321 e. The molecule has 9 heteroatoms. The molecule has 6 nitrogen and oxygen atoms in total. The minimum atomic E-state index is -3.31. The van der Waals surface area contributed by atoms with E-state index in [9.17, 15) is 13.2 Å². The Balaban J connectivity index is 1.55. The first-order valence-corrected chi connectivity index (χ1v) is 10.6. The van der Waals surface area contributed by atoms with Crippen LogP contribution in [0.2, 0.25) is 10.0 Å². The van der Waals surface area contributed by atoms with Gasteiger partial charge < -0.3 is 14.6 Å². The van der Waals surface area contributed by atoms with E-state index >= 15 is 0 Å². The number of benzene rings is 1. The number of piperidine rings is 1. The van der Waals surface area contributed by atoms with Crippen LogP contribution in [0.15, 0.2) is 41.0 Å². The fourth-order valence-electron chi connectivity index (χ4n) is 2.91. The fourth-order valence-corrected chi connectivity index (χ4v) is 4.93. The highest BCUT2D eigenvalue weighted by atomic mass is 35.5. The lowest BCUT2D eigenvalue weighted by Crippen LogP contribution is -2.44. The number of hydrogen-bond acceptors (Lipinski definition) is 4. The van der Waals surface area contributed by atoms with Gasteiger partial charge in [0.15, 0.2) is 9.84 Å². The quantitative estimate of drug-likeness (QED) is 0.809. The minimum absolute atomic E-state index is 0.111. The van der Waals surface area contributed by atoms with Crippen molar-refractivity contribution in [2.75, 3.05) is 18.4 Å². The summed E-state index contributed by atoms with van der Waals surface area (Å²) in [5.41, 5.74) is 0.539. The lowest BCUT2D eigenvalue weighted by atomic mass is 10.1. The molecule has 0 spiro atoms. The Morgan fingerprint density at radius 3 is 2.54 bits per heavy atom. The predicted octanol–water partition coefficient (Wildman–Crippen LogP) is 4.20. The van der Waals surface area contributed by atoms with E-state index in [0.29, 0.717) is 47.4 Å². The summed E-state index contributed by atoms with van der Waals surface area (Å²) < 4.78 is 30.1. The van der Waals surface area contributed by atoms with E-state index in [-0.39, 0.29) is 11.8 Å². The zero-order chi connectivity index (χ0) is 18.7. The van der Waals surface area contributed by atoms with Crippen molar-refractivity contribution >= 4 is 44.8 Å². The summed E-state index contributed by atoms with van der Waals surface area (Å²) in [5, 5.41) is 3.04. The molecule has 1 fully saturated rings. The topological polar surface area (TPSA) is 79.6 Å². The molecule has 1 aromatic heterocycles. The maximum absolute atomic E-state index is 12.5. The summed E-state index contributed by atoms with van der Waals surface area (Å²) in [6.07, 6.45) is 2.26. The number of rotatable bonds is 4. The van der Waals surface area contributed by atoms with Crippen LogP contribution in [0.4, 0.5) is 10.5 Å². The molecule has 0 bridgehead atoms. The average Bonchev–Trinajstić information content (AvgIpc) is 3.10. The number of anilines is 1. The summed E-state index contributed by atoms with van der Waals surface area (Å²) >= 11 is 11.8. The molecular formula is C17H18Cl2N2O4S. The van der Waals surface area contributed by atoms with Crippen LogP contribution < -0.4 is 5.32 Å². The van der Waals surface area contributed by atoms with Crippen molar-refractivity contribution in [1.82, 2.24) is 4.90 Å². The zero-order valence-electron chi connectivity index (χ0n) is 13.8. The number of carbonyl (C=O) groups is 1. The standard InChI is InChI=1S/C17H18Cl2N2O4S/c18-15-4-3-12(10-16(15)19)20-17(22)21-7-5-14(6-8-21)26(23,24)11-13-2-1-9-25-13/h1-4,9-10,14H,5-8,11H2,(H,20,22). The van der Waals surface area contributed by atoms with Gasteiger partial charge in [-0.25, -0.2) is 13.2 Å². The first kappa shape index (κ1) is 19.1. The first-order valence-electron chi connectivity index (χ1n) is 8.10. The van der Waals surface area contributed by atoms with Crippen LogP contribution in [0.25, 0.3) is 0 Å². The van der Waals surface area contributed by atoms with Crippen molar-refractivity contribution in [3.05, 3.63) is 52.4 Å². The van der Waals surface area contributed by atoms with Gasteiger partial charge in [0.25, 0.3) is 0 Å². The molecule has 0 saturated carbocycles. The number of amides is 2. The number of nitrogens with one attached hydrogen (secondary N) is 1. The zero-order valence-corrected chi connectivity index (χ0v) is 16.1. The SMILES string of the molecule is O=C(Nc1ccc(Cl)c(Cl)c1)N1CCC(S(=O)(=O)Cc2ccco2)CC1. The third-order valence-corrected chi connectivity index (χ3v) is 7.24. The Labute approximate surface area is 162 Å². The van der Waals surface area contributed by atoms with E-state index in [0.717, 1.165) is 0 Å². The third kappa shape index (κ3) is 4.52. The van der Waals surface area contributed by atoms with E-state index in [2.05, 4.69) is 5.32 Å². The van der Waals surface area contributed by atoms with E-state index in [4.69, 9.17) is 27.6 Å². The van der Waals surface area contributed by atoms with E-state index in [1.165, 1.54) is 6.26 Å². The van der Waals surface area contributed by atoms with Crippen LogP contribution in [0.1, 0.15) is 18.6 Å². The molecule has 1 N–H and O–H groups in total. The Hall–Kier alpha value is -1.70. The number of hydrogen-bond donors (Lipinski definition) is 1. The maximum atomic E-state index is 12.5. The van der Waals surface area contributed by atoms with Gasteiger partial charge in [-0.05, 0) is 43.2 Å². The van der Waals surface area contributed by atoms with Crippen LogP contribution in [0.3, 0.4) is 0 Å². The van der Waals surface area contributed by atoms with Crippen molar-refractivity contribution in [2.24, 2.45) is 0 Å². The summed E-state index contributed by atoms with van der Waals surface area (Å²) in [7, 11) is -3.31. The average molecular weight is 417 g/mol. The van der Waals surface area contributed by atoms with Crippen molar-refractivity contribution in [3.8, 4) is 0 Å². The fraction of sp³-hybridized carbons (Fsp3) is 0.353. The van der Waals surface area contributed by atoms with Gasteiger partial charge in [-0.15, -0.1) is 0 Å². The molecule has 1 aliphatic rings. The molecule has 0 aliphatic carbocycles. The second-order valence-corrected chi connectivity index (χ2v) is 9.23. The lowest BCUT2D eigenvalue weighted by molar-refractivity contribution is 0.200. The highest BCUT2D eigenvalue weighted by Gasteiger charge is 2.32. The molecule has 140 valence electrons.